The van der Waals surface area contributed by atoms with Crippen molar-refractivity contribution in [3.63, 3.8) is 0 Å². The molecule has 1 fully saturated rings. The number of likely N-dealkylation sites (tertiary alicyclic amines) is 1. The zero-order chi connectivity index (χ0) is 14.0. The minimum atomic E-state index is -0.775. The van der Waals surface area contributed by atoms with Gasteiger partial charge >= 0.3 is 0 Å². The van der Waals surface area contributed by atoms with Crippen molar-refractivity contribution in [3.05, 3.63) is 35.4 Å². The Labute approximate surface area is 112 Å². The second-order valence-electron chi connectivity index (χ2n) is 5.22. The maximum absolute atomic E-state index is 13.6. The van der Waals surface area contributed by atoms with Gasteiger partial charge < -0.3 is 0 Å². The van der Waals surface area contributed by atoms with Gasteiger partial charge in [-0.15, -0.1) is 0 Å². The molecule has 1 heterocycles. The number of carbonyl (C=O) groups is 1. The summed E-state index contributed by atoms with van der Waals surface area (Å²) in [7, 11) is 0. The van der Waals surface area contributed by atoms with Crippen molar-refractivity contribution in [2.75, 3.05) is 13.1 Å². The molecule has 0 bridgehead atoms. The number of hydrogen-bond donors (Lipinski definition) is 0. The van der Waals surface area contributed by atoms with Gasteiger partial charge in [0.05, 0.1) is 11.6 Å². The van der Waals surface area contributed by atoms with Crippen molar-refractivity contribution < 1.29 is 13.6 Å². The highest BCUT2D eigenvalue weighted by Crippen LogP contribution is 2.23. The van der Waals surface area contributed by atoms with Gasteiger partial charge in [0, 0.05) is 12.6 Å². The van der Waals surface area contributed by atoms with Crippen LogP contribution in [0.4, 0.5) is 8.78 Å². The molecule has 0 N–H and O–H groups in total. The average molecular weight is 267 g/mol. The fourth-order valence-electron chi connectivity index (χ4n) is 2.63. The second-order valence-corrected chi connectivity index (χ2v) is 5.22. The smallest absolute Gasteiger partial charge is 0.182 e. The summed E-state index contributed by atoms with van der Waals surface area (Å²) in [6.45, 7) is 5.68. The Kier molecular flexibility index (Phi) is 4.30. The first kappa shape index (κ1) is 14.1. The Morgan fingerprint density at radius 2 is 2.21 bits per heavy atom. The number of Topliss-reactive ketones (excluding diaryl/α,β-unsaturated/α-hetero) is 1. The Hall–Kier alpha value is -1.29. The highest BCUT2D eigenvalue weighted by atomic mass is 19.1. The fourth-order valence-corrected chi connectivity index (χ4v) is 2.63. The van der Waals surface area contributed by atoms with E-state index in [0.29, 0.717) is 5.92 Å². The minimum Gasteiger partial charge on any atom is -0.293 e. The standard InChI is InChI=1S/C15H19F2NO/c1-3-11-6-7-18(9-11)10(2)15(19)13-5-4-12(16)8-14(13)17/h4-5,8,10-11H,3,6-7,9H2,1-2H3. The summed E-state index contributed by atoms with van der Waals surface area (Å²) in [6.07, 6.45) is 2.18. The Bertz CT molecular complexity index is 475. The largest absolute Gasteiger partial charge is 0.293 e. The van der Waals surface area contributed by atoms with E-state index in [9.17, 15) is 13.6 Å². The third-order valence-electron chi connectivity index (χ3n) is 4.02. The summed E-state index contributed by atoms with van der Waals surface area (Å²) in [4.78, 5) is 14.3. The van der Waals surface area contributed by atoms with E-state index in [1.165, 1.54) is 6.07 Å². The van der Waals surface area contributed by atoms with Crippen LogP contribution in [0.1, 0.15) is 37.0 Å². The maximum Gasteiger partial charge on any atom is 0.182 e. The molecule has 2 nitrogen and oxygen atoms in total. The normalized spacial score (nSPS) is 21.6. The predicted molar refractivity (Wildman–Crippen MR) is 70.1 cm³/mol. The van der Waals surface area contributed by atoms with E-state index in [-0.39, 0.29) is 17.4 Å². The molecule has 19 heavy (non-hydrogen) atoms. The number of ketones is 1. The molecule has 1 saturated heterocycles. The van der Waals surface area contributed by atoms with Crippen LogP contribution in [0.3, 0.4) is 0 Å². The van der Waals surface area contributed by atoms with Crippen LogP contribution < -0.4 is 0 Å². The molecule has 0 saturated carbocycles. The van der Waals surface area contributed by atoms with E-state index in [1.807, 2.05) is 0 Å². The lowest BCUT2D eigenvalue weighted by Gasteiger charge is -2.23. The Morgan fingerprint density at radius 3 is 2.79 bits per heavy atom. The fraction of sp³-hybridized carbons (Fsp3) is 0.533. The summed E-state index contributed by atoms with van der Waals surface area (Å²) in [6, 6.07) is 2.77. The van der Waals surface area contributed by atoms with Crippen LogP contribution in [-0.4, -0.2) is 29.8 Å². The van der Waals surface area contributed by atoms with Crippen LogP contribution in [0.5, 0.6) is 0 Å². The van der Waals surface area contributed by atoms with E-state index in [0.717, 1.165) is 38.1 Å². The number of benzene rings is 1. The van der Waals surface area contributed by atoms with Gasteiger partial charge in [-0.3, -0.25) is 9.69 Å². The number of carbonyl (C=O) groups excluding carboxylic acids is 1. The number of rotatable bonds is 4. The molecule has 0 aromatic heterocycles. The molecule has 2 unspecified atom stereocenters. The highest BCUT2D eigenvalue weighted by Gasteiger charge is 2.30. The lowest BCUT2D eigenvalue weighted by molar-refractivity contribution is 0.0858. The van der Waals surface area contributed by atoms with Gasteiger partial charge in [-0.25, -0.2) is 8.78 Å². The van der Waals surface area contributed by atoms with Crippen molar-refractivity contribution in [1.29, 1.82) is 0 Å². The molecule has 2 rings (SSSR count). The van der Waals surface area contributed by atoms with E-state index >= 15 is 0 Å². The van der Waals surface area contributed by atoms with Crippen molar-refractivity contribution in [1.82, 2.24) is 4.90 Å². The molecular weight excluding hydrogens is 248 g/mol. The number of halogens is 2. The van der Waals surface area contributed by atoms with E-state index in [1.54, 1.807) is 6.92 Å². The lowest BCUT2D eigenvalue weighted by Crippen LogP contribution is -2.37. The van der Waals surface area contributed by atoms with E-state index < -0.39 is 11.6 Å². The molecule has 1 aliphatic heterocycles. The van der Waals surface area contributed by atoms with Gasteiger partial charge in [0.25, 0.3) is 0 Å². The number of nitrogens with zero attached hydrogens (tertiary/aromatic N) is 1. The molecule has 0 radical (unpaired) electrons. The minimum absolute atomic E-state index is 0.0196. The van der Waals surface area contributed by atoms with Crippen LogP contribution in [0.2, 0.25) is 0 Å². The molecule has 4 heteroatoms. The maximum atomic E-state index is 13.6. The molecule has 104 valence electrons. The molecule has 0 aliphatic carbocycles. The zero-order valence-corrected chi connectivity index (χ0v) is 11.3. The van der Waals surface area contributed by atoms with E-state index in [2.05, 4.69) is 11.8 Å². The molecular formula is C15H19F2NO. The summed E-state index contributed by atoms with van der Waals surface area (Å²) in [5.74, 6) is -1.08. The van der Waals surface area contributed by atoms with Gasteiger partial charge in [-0.2, -0.15) is 0 Å². The molecule has 1 aromatic rings. The zero-order valence-electron chi connectivity index (χ0n) is 11.3. The van der Waals surface area contributed by atoms with Gasteiger partial charge in [0.1, 0.15) is 11.6 Å². The van der Waals surface area contributed by atoms with Gasteiger partial charge in [0.2, 0.25) is 0 Å². The van der Waals surface area contributed by atoms with Crippen molar-refractivity contribution in [2.45, 2.75) is 32.7 Å². The quantitative estimate of drug-likeness (QED) is 0.780. The third-order valence-corrected chi connectivity index (χ3v) is 4.02. The molecule has 0 amide bonds. The van der Waals surface area contributed by atoms with Crippen LogP contribution >= 0.6 is 0 Å². The Morgan fingerprint density at radius 1 is 1.47 bits per heavy atom. The molecule has 2 atom stereocenters. The average Bonchev–Trinajstić information content (AvgIpc) is 2.86. The van der Waals surface area contributed by atoms with Gasteiger partial charge in [-0.05, 0) is 37.9 Å². The predicted octanol–water partition coefficient (Wildman–Crippen LogP) is 3.27. The van der Waals surface area contributed by atoms with Crippen LogP contribution in [0.15, 0.2) is 18.2 Å². The third kappa shape index (κ3) is 3.00. The molecule has 0 spiro atoms. The van der Waals surface area contributed by atoms with Crippen molar-refractivity contribution in [3.8, 4) is 0 Å². The van der Waals surface area contributed by atoms with E-state index in [4.69, 9.17) is 0 Å². The number of hydrogen-bond acceptors (Lipinski definition) is 2. The Balaban J connectivity index is 2.11. The van der Waals surface area contributed by atoms with Crippen LogP contribution in [-0.2, 0) is 0 Å². The molecule has 1 aromatic carbocycles. The monoisotopic (exact) mass is 267 g/mol. The first-order valence-corrected chi connectivity index (χ1v) is 6.76. The van der Waals surface area contributed by atoms with Crippen LogP contribution in [0.25, 0.3) is 0 Å². The SMILES string of the molecule is CCC1CCN(C(C)C(=O)c2ccc(F)cc2F)C1. The summed E-state index contributed by atoms with van der Waals surface area (Å²) in [5.41, 5.74) is -0.0196. The first-order chi connectivity index (χ1) is 9.02. The first-order valence-electron chi connectivity index (χ1n) is 6.76. The summed E-state index contributed by atoms with van der Waals surface area (Å²) < 4.78 is 26.5. The second kappa shape index (κ2) is 5.78. The summed E-state index contributed by atoms with van der Waals surface area (Å²) >= 11 is 0. The van der Waals surface area contributed by atoms with Crippen molar-refractivity contribution >= 4 is 5.78 Å². The topological polar surface area (TPSA) is 20.3 Å². The van der Waals surface area contributed by atoms with Crippen LogP contribution in [0, 0.1) is 17.6 Å². The van der Waals surface area contributed by atoms with Gasteiger partial charge in [-0.1, -0.05) is 13.3 Å². The van der Waals surface area contributed by atoms with Gasteiger partial charge in [0.15, 0.2) is 5.78 Å². The lowest BCUT2D eigenvalue weighted by atomic mass is 10.0. The van der Waals surface area contributed by atoms with Crippen molar-refractivity contribution in [2.24, 2.45) is 5.92 Å². The summed E-state index contributed by atoms with van der Waals surface area (Å²) in [5, 5.41) is 0. The highest BCUT2D eigenvalue weighted by molar-refractivity contribution is 6.00. The molecule has 1 aliphatic rings.